The molecule has 1 aliphatic heterocycles. The molecule has 158 valence electrons. The number of benzene rings is 2. The van der Waals surface area contributed by atoms with Crippen LogP contribution in [0.25, 0.3) is 11.1 Å². The van der Waals surface area contributed by atoms with Crippen molar-refractivity contribution in [1.29, 1.82) is 0 Å². The Morgan fingerprint density at radius 3 is 2.63 bits per heavy atom. The lowest BCUT2D eigenvalue weighted by Crippen LogP contribution is -2.36. The first-order valence-corrected chi connectivity index (χ1v) is 10.1. The van der Waals surface area contributed by atoms with Crippen molar-refractivity contribution in [2.45, 2.75) is 13.8 Å². The lowest BCUT2D eigenvalue weighted by molar-refractivity contribution is 0.102. The van der Waals surface area contributed by atoms with Crippen molar-refractivity contribution in [1.82, 2.24) is 4.98 Å². The Balaban J connectivity index is 1.66. The number of anilines is 2. The van der Waals surface area contributed by atoms with Crippen molar-refractivity contribution < 1.29 is 23.4 Å². The summed E-state index contributed by atoms with van der Waals surface area (Å²) in [6.45, 7) is 7.72. The van der Waals surface area contributed by atoms with Crippen LogP contribution in [0.15, 0.2) is 41.1 Å². The molecule has 30 heavy (non-hydrogen) atoms. The van der Waals surface area contributed by atoms with Gasteiger partial charge in [-0.15, -0.1) is 0 Å². The van der Waals surface area contributed by atoms with E-state index in [0.717, 1.165) is 18.8 Å². The minimum Gasteiger partial charge on any atom is -0.492 e. The number of ether oxygens (including phenoxy) is 3. The quantitative estimate of drug-likeness (QED) is 0.634. The summed E-state index contributed by atoms with van der Waals surface area (Å²) < 4.78 is 22.4. The Kier molecular flexibility index (Phi) is 6.04. The Morgan fingerprint density at radius 2 is 1.87 bits per heavy atom. The molecular weight excluding hydrogens is 386 g/mol. The maximum absolute atomic E-state index is 12.9. The second-order valence-corrected chi connectivity index (χ2v) is 6.77. The zero-order chi connectivity index (χ0) is 20.9. The molecule has 8 heteroatoms. The summed E-state index contributed by atoms with van der Waals surface area (Å²) in [5.41, 5.74) is 3.24. The SMILES string of the molecule is CCOc1cc(N2CCOCC2)c(OCC)cc1NC(=O)c1ccc2ocnc2c1. The number of nitrogens with zero attached hydrogens (tertiary/aromatic N) is 2. The highest BCUT2D eigenvalue weighted by Crippen LogP contribution is 2.39. The van der Waals surface area contributed by atoms with Gasteiger partial charge in [0.2, 0.25) is 0 Å². The molecule has 0 aliphatic carbocycles. The van der Waals surface area contributed by atoms with E-state index in [9.17, 15) is 4.79 Å². The third-order valence-electron chi connectivity index (χ3n) is 4.85. The summed E-state index contributed by atoms with van der Waals surface area (Å²) in [5.74, 6) is 1.03. The van der Waals surface area contributed by atoms with Gasteiger partial charge in [-0.25, -0.2) is 4.98 Å². The molecule has 1 saturated heterocycles. The zero-order valence-corrected chi connectivity index (χ0v) is 17.1. The van der Waals surface area contributed by atoms with Crippen molar-refractivity contribution in [3.8, 4) is 11.5 Å². The lowest BCUT2D eigenvalue weighted by atomic mass is 10.1. The normalized spacial score (nSPS) is 14.0. The predicted molar refractivity (Wildman–Crippen MR) is 114 cm³/mol. The summed E-state index contributed by atoms with van der Waals surface area (Å²) in [6.07, 6.45) is 1.36. The van der Waals surface area contributed by atoms with Crippen molar-refractivity contribution >= 4 is 28.4 Å². The highest BCUT2D eigenvalue weighted by Gasteiger charge is 2.21. The predicted octanol–water partition coefficient (Wildman–Crippen LogP) is 3.71. The van der Waals surface area contributed by atoms with Gasteiger partial charge in [0, 0.05) is 30.8 Å². The van der Waals surface area contributed by atoms with Gasteiger partial charge in [-0.3, -0.25) is 4.79 Å². The van der Waals surface area contributed by atoms with Gasteiger partial charge in [0.1, 0.15) is 17.0 Å². The maximum Gasteiger partial charge on any atom is 0.255 e. The zero-order valence-electron chi connectivity index (χ0n) is 17.1. The number of nitrogens with one attached hydrogen (secondary N) is 1. The number of oxazole rings is 1. The number of rotatable bonds is 7. The largest absolute Gasteiger partial charge is 0.492 e. The third kappa shape index (κ3) is 4.18. The Morgan fingerprint density at radius 1 is 1.10 bits per heavy atom. The number of morpholine rings is 1. The van der Waals surface area contributed by atoms with E-state index in [2.05, 4.69) is 15.2 Å². The summed E-state index contributed by atoms with van der Waals surface area (Å²) in [5, 5.41) is 2.95. The van der Waals surface area contributed by atoms with Crippen molar-refractivity contribution in [2.75, 3.05) is 49.7 Å². The van der Waals surface area contributed by atoms with Gasteiger partial charge >= 0.3 is 0 Å². The van der Waals surface area contributed by atoms with Crippen LogP contribution >= 0.6 is 0 Å². The smallest absolute Gasteiger partial charge is 0.255 e. The molecule has 2 aromatic carbocycles. The molecule has 3 aromatic rings. The Labute approximate surface area is 174 Å². The van der Waals surface area contributed by atoms with Gasteiger partial charge in [0.05, 0.1) is 37.8 Å². The van der Waals surface area contributed by atoms with Crippen LogP contribution in [0.2, 0.25) is 0 Å². The first kappa shape index (κ1) is 20.0. The van der Waals surface area contributed by atoms with Crippen LogP contribution in [0.4, 0.5) is 11.4 Å². The summed E-state index contributed by atoms with van der Waals surface area (Å²) in [4.78, 5) is 19.2. The summed E-state index contributed by atoms with van der Waals surface area (Å²) >= 11 is 0. The van der Waals surface area contributed by atoms with E-state index < -0.39 is 0 Å². The van der Waals surface area contributed by atoms with Gasteiger partial charge in [0.15, 0.2) is 12.0 Å². The minimum absolute atomic E-state index is 0.262. The van der Waals surface area contributed by atoms with E-state index in [1.807, 2.05) is 26.0 Å². The average Bonchev–Trinajstić information content (AvgIpc) is 3.24. The molecule has 1 aromatic heterocycles. The summed E-state index contributed by atoms with van der Waals surface area (Å²) in [6, 6.07) is 8.88. The minimum atomic E-state index is -0.262. The van der Waals surface area contributed by atoms with Crippen LogP contribution in [0.3, 0.4) is 0 Å². The van der Waals surface area contributed by atoms with Crippen LogP contribution in [0, 0.1) is 0 Å². The molecule has 0 saturated carbocycles. The van der Waals surface area contributed by atoms with E-state index >= 15 is 0 Å². The molecule has 0 spiro atoms. The highest BCUT2D eigenvalue weighted by atomic mass is 16.5. The second kappa shape index (κ2) is 9.04. The van der Waals surface area contributed by atoms with E-state index in [1.165, 1.54) is 6.39 Å². The summed E-state index contributed by atoms with van der Waals surface area (Å²) in [7, 11) is 0. The molecule has 0 unspecified atom stereocenters. The molecule has 1 aliphatic rings. The van der Waals surface area contributed by atoms with Crippen LogP contribution in [0.5, 0.6) is 11.5 Å². The van der Waals surface area contributed by atoms with E-state index in [0.29, 0.717) is 60.3 Å². The van der Waals surface area contributed by atoms with Crippen LogP contribution in [0.1, 0.15) is 24.2 Å². The standard InChI is InChI=1S/C22H25N3O5/c1-3-28-20-13-18(25-7-9-27-10-8-25)21(29-4-2)12-17(20)24-22(26)15-5-6-19-16(11-15)23-14-30-19/h5-6,11-14H,3-4,7-10H2,1-2H3,(H,24,26). The average molecular weight is 411 g/mol. The van der Waals surface area contributed by atoms with E-state index in [4.69, 9.17) is 18.6 Å². The molecule has 8 nitrogen and oxygen atoms in total. The number of hydrogen-bond acceptors (Lipinski definition) is 7. The molecule has 1 N–H and O–H groups in total. The number of fused-ring (bicyclic) bond motifs is 1. The number of carbonyl (C=O) groups excluding carboxylic acids is 1. The molecule has 0 atom stereocenters. The topological polar surface area (TPSA) is 86.1 Å². The van der Waals surface area contributed by atoms with Gasteiger partial charge in [0.25, 0.3) is 5.91 Å². The monoisotopic (exact) mass is 411 g/mol. The molecular formula is C22H25N3O5. The third-order valence-corrected chi connectivity index (χ3v) is 4.85. The van der Waals surface area contributed by atoms with Gasteiger partial charge in [-0.2, -0.15) is 0 Å². The molecule has 2 heterocycles. The van der Waals surface area contributed by atoms with Crippen molar-refractivity contribution in [3.63, 3.8) is 0 Å². The second-order valence-electron chi connectivity index (χ2n) is 6.77. The lowest BCUT2D eigenvalue weighted by Gasteiger charge is -2.31. The van der Waals surface area contributed by atoms with Crippen LogP contribution in [-0.2, 0) is 4.74 Å². The van der Waals surface area contributed by atoms with Gasteiger partial charge < -0.3 is 28.8 Å². The fourth-order valence-corrected chi connectivity index (χ4v) is 3.44. The molecule has 0 radical (unpaired) electrons. The first-order valence-electron chi connectivity index (χ1n) is 10.1. The number of aromatic nitrogens is 1. The van der Waals surface area contributed by atoms with Crippen LogP contribution in [-0.4, -0.2) is 50.4 Å². The number of amides is 1. The molecule has 4 rings (SSSR count). The van der Waals surface area contributed by atoms with Crippen molar-refractivity contribution in [3.05, 3.63) is 42.3 Å². The Hall–Kier alpha value is -3.26. The molecule has 0 bridgehead atoms. The van der Waals surface area contributed by atoms with Gasteiger partial charge in [-0.05, 0) is 32.0 Å². The van der Waals surface area contributed by atoms with E-state index in [-0.39, 0.29) is 5.91 Å². The fraction of sp³-hybridized carbons (Fsp3) is 0.364. The first-order chi connectivity index (χ1) is 14.7. The number of carbonyl (C=O) groups is 1. The number of hydrogen-bond donors (Lipinski definition) is 1. The molecule has 1 fully saturated rings. The molecule has 1 amide bonds. The van der Waals surface area contributed by atoms with Crippen molar-refractivity contribution in [2.24, 2.45) is 0 Å². The van der Waals surface area contributed by atoms with Crippen LogP contribution < -0.4 is 19.7 Å². The van der Waals surface area contributed by atoms with E-state index in [1.54, 1.807) is 18.2 Å². The fourth-order valence-electron chi connectivity index (χ4n) is 3.44. The maximum atomic E-state index is 12.9. The Bertz CT molecular complexity index is 1030. The highest BCUT2D eigenvalue weighted by molar-refractivity contribution is 6.06. The van der Waals surface area contributed by atoms with Gasteiger partial charge in [-0.1, -0.05) is 0 Å².